The Morgan fingerprint density at radius 2 is 1.92 bits per heavy atom. The molecule has 0 radical (unpaired) electrons. The van der Waals surface area contributed by atoms with Crippen molar-refractivity contribution in [3.05, 3.63) is 35.6 Å². The van der Waals surface area contributed by atoms with Gasteiger partial charge in [0.2, 0.25) is 5.91 Å². The van der Waals surface area contributed by atoms with E-state index < -0.39 is 6.10 Å². The summed E-state index contributed by atoms with van der Waals surface area (Å²) in [5.41, 5.74) is 0.369. The first-order chi connectivity index (χ1) is 12.0. The summed E-state index contributed by atoms with van der Waals surface area (Å²) in [6.45, 7) is 9.48. The first-order valence-corrected chi connectivity index (χ1v) is 9.10. The number of likely N-dealkylation sites (tertiary alicyclic amines) is 1. The number of hydrogen-bond donors (Lipinski definition) is 1. The first-order valence-electron chi connectivity index (χ1n) is 9.10. The molecule has 5 nitrogen and oxygen atoms in total. The molecule has 0 aliphatic carbocycles. The van der Waals surface area contributed by atoms with Crippen molar-refractivity contribution < 1.29 is 14.3 Å². The SMILES string of the molecule is CC(=O)N1CCN(C2CN(CC(O)c3ccccc3F)CC2C)CC1. The molecule has 1 aromatic rings. The van der Waals surface area contributed by atoms with Gasteiger partial charge in [-0.2, -0.15) is 0 Å². The van der Waals surface area contributed by atoms with Crippen LogP contribution < -0.4 is 0 Å². The molecule has 1 N–H and O–H groups in total. The molecule has 2 aliphatic rings. The molecule has 6 heteroatoms. The van der Waals surface area contributed by atoms with Crippen molar-refractivity contribution in [3.8, 4) is 0 Å². The van der Waals surface area contributed by atoms with E-state index in [-0.39, 0.29) is 11.7 Å². The van der Waals surface area contributed by atoms with Gasteiger partial charge in [-0.05, 0) is 12.0 Å². The number of halogens is 1. The third-order valence-electron chi connectivity index (χ3n) is 5.57. The second-order valence-corrected chi connectivity index (χ2v) is 7.34. The summed E-state index contributed by atoms with van der Waals surface area (Å²) in [4.78, 5) is 18.0. The predicted molar refractivity (Wildman–Crippen MR) is 94.6 cm³/mol. The number of piperazine rings is 1. The Morgan fingerprint density at radius 1 is 1.24 bits per heavy atom. The van der Waals surface area contributed by atoms with Crippen molar-refractivity contribution in [2.75, 3.05) is 45.8 Å². The van der Waals surface area contributed by atoms with Gasteiger partial charge in [0.15, 0.2) is 0 Å². The zero-order chi connectivity index (χ0) is 18.0. The topological polar surface area (TPSA) is 47.0 Å². The summed E-state index contributed by atoms with van der Waals surface area (Å²) in [6, 6.07) is 6.87. The second kappa shape index (κ2) is 7.81. The number of amides is 1. The van der Waals surface area contributed by atoms with E-state index >= 15 is 0 Å². The molecular formula is C19H28FN3O2. The van der Waals surface area contributed by atoms with E-state index in [1.165, 1.54) is 6.07 Å². The minimum atomic E-state index is -0.804. The van der Waals surface area contributed by atoms with E-state index in [4.69, 9.17) is 0 Å². The van der Waals surface area contributed by atoms with Gasteiger partial charge in [0.25, 0.3) is 0 Å². The lowest BCUT2D eigenvalue weighted by Gasteiger charge is -2.39. The maximum absolute atomic E-state index is 13.8. The molecule has 138 valence electrons. The number of aliphatic hydroxyl groups excluding tert-OH is 1. The number of aliphatic hydroxyl groups is 1. The van der Waals surface area contributed by atoms with Crippen molar-refractivity contribution in [3.63, 3.8) is 0 Å². The lowest BCUT2D eigenvalue weighted by molar-refractivity contribution is -0.130. The molecule has 1 amide bonds. The summed E-state index contributed by atoms with van der Waals surface area (Å²) < 4.78 is 13.8. The van der Waals surface area contributed by atoms with Crippen LogP contribution in [-0.4, -0.2) is 77.6 Å². The Kier molecular flexibility index (Phi) is 5.71. The molecule has 0 bridgehead atoms. The lowest BCUT2D eigenvalue weighted by Crippen LogP contribution is -2.53. The van der Waals surface area contributed by atoms with Gasteiger partial charge >= 0.3 is 0 Å². The summed E-state index contributed by atoms with van der Waals surface area (Å²) in [7, 11) is 0. The van der Waals surface area contributed by atoms with E-state index in [2.05, 4.69) is 16.7 Å². The standard InChI is InChI=1S/C19H28FN3O2/c1-14-11-21(13-19(25)16-5-3-4-6-17(16)20)12-18(14)23-9-7-22(8-10-23)15(2)24/h3-6,14,18-19,25H,7-13H2,1-2H3. The molecule has 0 spiro atoms. The monoisotopic (exact) mass is 349 g/mol. The van der Waals surface area contributed by atoms with Gasteiger partial charge in [0.1, 0.15) is 5.82 Å². The van der Waals surface area contributed by atoms with Gasteiger partial charge in [0, 0.05) is 64.3 Å². The number of carbonyl (C=O) groups excluding carboxylic acids is 1. The van der Waals surface area contributed by atoms with Gasteiger partial charge in [-0.1, -0.05) is 25.1 Å². The van der Waals surface area contributed by atoms with Crippen molar-refractivity contribution in [2.45, 2.75) is 26.0 Å². The van der Waals surface area contributed by atoms with Crippen LogP contribution >= 0.6 is 0 Å². The molecular weight excluding hydrogens is 321 g/mol. The summed E-state index contributed by atoms with van der Waals surface area (Å²) in [5, 5.41) is 10.4. The Bertz CT molecular complexity index is 604. The van der Waals surface area contributed by atoms with Crippen LogP contribution in [0.5, 0.6) is 0 Å². The van der Waals surface area contributed by atoms with Crippen LogP contribution in [0.3, 0.4) is 0 Å². The highest BCUT2D eigenvalue weighted by atomic mass is 19.1. The smallest absolute Gasteiger partial charge is 0.219 e. The average Bonchev–Trinajstić information content (AvgIpc) is 2.95. The highest BCUT2D eigenvalue weighted by Gasteiger charge is 2.36. The van der Waals surface area contributed by atoms with E-state index in [9.17, 15) is 14.3 Å². The highest BCUT2D eigenvalue weighted by Crippen LogP contribution is 2.26. The Morgan fingerprint density at radius 3 is 2.56 bits per heavy atom. The predicted octanol–water partition coefficient (Wildman–Crippen LogP) is 1.34. The molecule has 3 rings (SSSR count). The summed E-state index contributed by atoms with van der Waals surface area (Å²) in [5.74, 6) is 0.296. The fourth-order valence-electron chi connectivity index (χ4n) is 4.13. The molecule has 3 atom stereocenters. The van der Waals surface area contributed by atoms with Crippen LogP contribution in [0.15, 0.2) is 24.3 Å². The largest absolute Gasteiger partial charge is 0.387 e. The van der Waals surface area contributed by atoms with Crippen molar-refractivity contribution in [1.82, 2.24) is 14.7 Å². The number of carbonyl (C=O) groups is 1. The van der Waals surface area contributed by atoms with Crippen LogP contribution in [0.4, 0.5) is 4.39 Å². The van der Waals surface area contributed by atoms with Crippen LogP contribution in [0.2, 0.25) is 0 Å². The van der Waals surface area contributed by atoms with Gasteiger partial charge in [0.05, 0.1) is 6.10 Å². The number of β-amino-alcohol motifs (C(OH)–C–C–N with tert-alkyl or cyclic N) is 1. The number of nitrogens with zero attached hydrogens (tertiary/aromatic N) is 3. The highest BCUT2D eigenvalue weighted by molar-refractivity contribution is 5.73. The molecule has 2 saturated heterocycles. The van der Waals surface area contributed by atoms with Gasteiger partial charge in [-0.3, -0.25) is 14.6 Å². The molecule has 1 aromatic carbocycles. The van der Waals surface area contributed by atoms with Crippen LogP contribution in [0.25, 0.3) is 0 Å². The molecule has 2 heterocycles. The third kappa shape index (κ3) is 4.19. The quantitative estimate of drug-likeness (QED) is 0.891. The number of hydrogen-bond acceptors (Lipinski definition) is 4. The zero-order valence-electron chi connectivity index (χ0n) is 15.1. The maximum Gasteiger partial charge on any atom is 0.219 e. The normalized spacial score (nSPS) is 26.8. The van der Waals surface area contributed by atoms with Gasteiger partial charge in [-0.15, -0.1) is 0 Å². The first kappa shape index (κ1) is 18.3. The lowest BCUT2D eigenvalue weighted by atomic mass is 10.0. The number of benzene rings is 1. The van der Waals surface area contributed by atoms with Crippen LogP contribution in [0.1, 0.15) is 25.5 Å². The third-order valence-corrected chi connectivity index (χ3v) is 5.57. The number of rotatable bonds is 4. The van der Waals surface area contributed by atoms with Gasteiger partial charge < -0.3 is 10.0 Å². The molecule has 2 aliphatic heterocycles. The van der Waals surface area contributed by atoms with Gasteiger partial charge in [-0.25, -0.2) is 4.39 Å². The minimum Gasteiger partial charge on any atom is -0.387 e. The Balaban J connectivity index is 1.55. The summed E-state index contributed by atoms with van der Waals surface area (Å²) >= 11 is 0. The fraction of sp³-hybridized carbons (Fsp3) is 0.632. The van der Waals surface area contributed by atoms with E-state index in [0.717, 1.165) is 39.3 Å². The van der Waals surface area contributed by atoms with E-state index in [1.54, 1.807) is 25.1 Å². The van der Waals surface area contributed by atoms with Crippen LogP contribution in [0, 0.1) is 11.7 Å². The minimum absolute atomic E-state index is 0.147. The maximum atomic E-state index is 13.8. The Hall–Kier alpha value is -1.50. The zero-order valence-corrected chi connectivity index (χ0v) is 15.1. The van der Waals surface area contributed by atoms with E-state index in [1.807, 2.05) is 4.90 Å². The summed E-state index contributed by atoms with van der Waals surface area (Å²) in [6.07, 6.45) is -0.804. The molecule has 3 unspecified atom stereocenters. The van der Waals surface area contributed by atoms with Crippen molar-refractivity contribution in [2.24, 2.45) is 5.92 Å². The molecule has 25 heavy (non-hydrogen) atoms. The van der Waals surface area contributed by atoms with Crippen molar-refractivity contribution >= 4 is 5.91 Å². The molecule has 0 aromatic heterocycles. The second-order valence-electron chi connectivity index (χ2n) is 7.34. The fourth-order valence-corrected chi connectivity index (χ4v) is 4.13. The Labute approximate surface area is 149 Å². The van der Waals surface area contributed by atoms with E-state index in [0.29, 0.717) is 24.1 Å². The van der Waals surface area contributed by atoms with Crippen LogP contribution in [-0.2, 0) is 4.79 Å². The average molecular weight is 349 g/mol. The molecule has 2 fully saturated rings. The van der Waals surface area contributed by atoms with Crippen molar-refractivity contribution in [1.29, 1.82) is 0 Å². The molecule has 0 saturated carbocycles.